The normalized spacial score (nSPS) is 10.2. The van der Waals surface area contributed by atoms with E-state index in [0.29, 0.717) is 16.5 Å². The molecule has 2 rings (SSSR count). The van der Waals surface area contributed by atoms with Crippen molar-refractivity contribution in [2.24, 2.45) is 0 Å². The highest BCUT2D eigenvalue weighted by Crippen LogP contribution is 2.21. The molecule has 17 heavy (non-hydrogen) atoms. The van der Waals surface area contributed by atoms with Crippen LogP contribution >= 0.6 is 0 Å². The van der Waals surface area contributed by atoms with Crippen molar-refractivity contribution >= 4 is 12.4 Å². The second-order valence-corrected chi connectivity index (χ2v) is 3.28. The van der Waals surface area contributed by atoms with E-state index >= 15 is 0 Å². The maximum Gasteiger partial charge on any atom is 0.432 e. The summed E-state index contributed by atoms with van der Waals surface area (Å²) in [6, 6.07) is 5.28. The molecule has 0 aliphatic carbocycles. The van der Waals surface area contributed by atoms with Gasteiger partial charge in [-0.2, -0.15) is 9.78 Å². The number of aromatic nitrogens is 2. The Balaban J connectivity index is 2.54. The number of aldehydes is 1. The average Bonchev–Trinajstić information content (AvgIpc) is 2.74. The van der Waals surface area contributed by atoms with Crippen LogP contribution < -0.4 is 0 Å². The highest BCUT2D eigenvalue weighted by molar-refractivity contribution is 5.86. The van der Waals surface area contributed by atoms with Crippen molar-refractivity contribution in [2.75, 3.05) is 0 Å². The monoisotopic (exact) mass is 234 g/mol. The van der Waals surface area contributed by atoms with Crippen molar-refractivity contribution in [1.82, 2.24) is 9.78 Å². The number of carboxylic acid groups (broad SMARTS) is 1. The Morgan fingerprint density at radius 2 is 2.00 bits per heavy atom. The predicted molar refractivity (Wildman–Crippen MR) is 56.4 cm³/mol. The summed E-state index contributed by atoms with van der Waals surface area (Å²) in [7, 11) is 0. The molecule has 0 spiro atoms. The smallest absolute Gasteiger partial charge is 0.432 e. The highest BCUT2D eigenvalue weighted by Gasteiger charge is 2.13. The van der Waals surface area contributed by atoms with Crippen LogP contribution in [0.3, 0.4) is 0 Å². The molecule has 0 aliphatic rings. The van der Waals surface area contributed by atoms with Crippen LogP contribution in [0, 0.1) is 5.82 Å². The van der Waals surface area contributed by atoms with Gasteiger partial charge in [0.1, 0.15) is 11.5 Å². The topological polar surface area (TPSA) is 72.2 Å². The van der Waals surface area contributed by atoms with Crippen molar-refractivity contribution in [2.45, 2.75) is 0 Å². The predicted octanol–water partition coefficient (Wildman–Crippen LogP) is 2.03. The minimum absolute atomic E-state index is 0.138. The zero-order chi connectivity index (χ0) is 12.4. The van der Waals surface area contributed by atoms with Crippen LogP contribution in [0.2, 0.25) is 0 Å². The van der Waals surface area contributed by atoms with Crippen molar-refractivity contribution in [3.05, 3.63) is 41.8 Å². The Kier molecular flexibility index (Phi) is 2.70. The lowest BCUT2D eigenvalue weighted by Gasteiger charge is -1.97. The third kappa shape index (κ3) is 2.05. The molecule has 1 aromatic heterocycles. The molecular formula is C11H7FN2O3. The molecule has 0 radical (unpaired) electrons. The SMILES string of the molecule is O=Cc1cn(C(=O)O)nc1-c1ccc(F)cc1. The van der Waals surface area contributed by atoms with E-state index in [2.05, 4.69) is 5.10 Å². The second kappa shape index (κ2) is 4.17. The van der Waals surface area contributed by atoms with Crippen LogP contribution in [-0.4, -0.2) is 27.3 Å². The fourth-order valence-corrected chi connectivity index (χ4v) is 1.40. The van der Waals surface area contributed by atoms with E-state index in [4.69, 9.17) is 5.11 Å². The van der Waals surface area contributed by atoms with Crippen LogP contribution in [-0.2, 0) is 0 Å². The Hall–Kier alpha value is -2.50. The zero-order valence-corrected chi connectivity index (χ0v) is 8.50. The van der Waals surface area contributed by atoms with Gasteiger partial charge in [0.05, 0.1) is 5.56 Å². The summed E-state index contributed by atoms with van der Waals surface area (Å²) in [5, 5.41) is 12.5. The molecule has 1 aromatic carbocycles. The van der Waals surface area contributed by atoms with Gasteiger partial charge in [-0.25, -0.2) is 9.18 Å². The molecule has 1 N–H and O–H groups in total. The van der Waals surface area contributed by atoms with Crippen molar-refractivity contribution in [3.8, 4) is 11.3 Å². The quantitative estimate of drug-likeness (QED) is 0.807. The molecule has 0 atom stereocenters. The molecule has 0 amide bonds. The van der Waals surface area contributed by atoms with E-state index in [1.807, 2.05) is 0 Å². The second-order valence-electron chi connectivity index (χ2n) is 3.28. The van der Waals surface area contributed by atoms with Crippen molar-refractivity contribution < 1.29 is 19.1 Å². The summed E-state index contributed by atoms with van der Waals surface area (Å²) in [6.07, 6.45) is 0.320. The highest BCUT2D eigenvalue weighted by atomic mass is 19.1. The van der Waals surface area contributed by atoms with Crippen LogP contribution in [0.4, 0.5) is 9.18 Å². The van der Waals surface area contributed by atoms with Gasteiger partial charge in [-0.1, -0.05) is 0 Å². The molecular weight excluding hydrogens is 227 g/mol. The standard InChI is InChI=1S/C11H7FN2O3/c12-9-3-1-7(2-4-9)10-8(6-15)5-14(13-10)11(16)17/h1-6H,(H,16,17). The van der Waals surface area contributed by atoms with E-state index in [1.54, 1.807) is 0 Å². The van der Waals surface area contributed by atoms with E-state index in [0.717, 1.165) is 6.20 Å². The Morgan fingerprint density at radius 3 is 2.53 bits per heavy atom. The molecule has 0 bridgehead atoms. The maximum absolute atomic E-state index is 12.7. The number of benzene rings is 1. The molecule has 0 unspecified atom stereocenters. The molecule has 0 saturated carbocycles. The fraction of sp³-hybridized carbons (Fsp3) is 0. The third-order valence-corrected chi connectivity index (χ3v) is 2.18. The van der Waals surface area contributed by atoms with Gasteiger partial charge in [0.15, 0.2) is 6.29 Å². The lowest BCUT2D eigenvalue weighted by Crippen LogP contribution is -2.07. The van der Waals surface area contributed by atoms with Gasteiger partial charge in [0, 0.05) is 11.8 Å². The Bertz CT molecular complexity index is 575. The number of nitrogens with zero attached hydrogens (tertiary/aromatic N) is 2. The first-order valence-electron chi connectivity index (χ1n) is 4.66. The average molecular weight is 234 g/mol. The summed E-state index contributed by atoms with van der Waals surface area (Å²) >= 11 is 0. The molecule has 5 nitrogen and oxygen atoms in total. The van der Waals surface area contributed by atoms with Gasteiger partial charge in [-0.3, -0.25) is 4.79 Å². The lowest BCUT2D eigenvalue weighted by molar-refractivity contribution is 0.112. The van der Waals surface area contributed by atoms with Gasteiger partial charge in [-0.15, -0.1) is 0 Å². The Labute approximate surface area is 95.1 Å². The minimum atomic E-state index is -1.29. The first kappa shape index (κ1) is 11.0. The van der Waals surface area contributed by atoms with Crippen molar-refractivity contribution in [3.63, 3.8) is 0 Å². The van der Waals surface area contributed by atoms with Crippen LogP contribution in [0.1, 0.15) is 10.4 Å². The third-order valence-electron chi connectivity index (χ3n) is 2.18. The summed E-state index contributed by atoms with van der Waals surface area (Å²) in [5.41, 5.74) is 0.829. The van der Waals surface area contributed by atoms with Crippen molar-refractivity contribution in [1.29, 1.82) is 0 Å². The molecule has 1 heterocycles. The van der Waals surface area contributed by atoms with Crippen LogP contribution in [0.15, 0.2) is 30.5 Å². The molecule has 0 fully saturated rings. The summed E-state index contributed by atoms with van der Waals surface area (Å²) < 4.78 is 13.4. The molecule has 0 saturated heterocycles. The van der Waals surface area contributed by atoms with E-state index < -0.39 is 11.9 Å². The minimum Gasteiger partial charge on any atom is -0.463 e. The number of hydrogen-bond acceptors (Lipinski definition) is 3. The van der Waals surface area contributed by atoms with Gasteiger partial charge in [-0.05, 0) is 24.3 Å². The van der Waals surface area contributed by atoms with Gasteiger partial charge >= 0.3 is 6.09 Å². The number of rotatable bonds is 2. The van der Waals surface area contributed by atoms with Gasteiger partial charge < -0.3 is 5.11 Å². The van der Waals surface area contributed by atoms with E-state index in [1.165, 1.54) is 24.3 Å². The van der Waals surface area contributed by atoms with Crippen LogP contribution in [0.25, 0.3) is 11.3 Å². The number of carbonyl (C=O) groups is 2. The van der Waals surface area contributed by atoms with Gasteiger partial charge in [0.25, 0.3) is 0 Å². The molecule has 2 aromatic rings. The molecule has 86 valence electrons. The Morgan fingerprint density at radius 1 is 1.35 bits per heavy atom. The summed E-state index contributed by atoms with van der Waals surface area (Å²) in [5.74, 6) is -0.418. The number of hydrogen-bond donors (Lipinski definition) is 1. The molecule has 6 heteroatoms. The fourth-order valence-electron chi connectivity index (χ4n) is 1.40. The lowest BCUT2D eigenvalue weighted by atomic mass is 10.1. The van der Waals surface area contributed by atoms with Gasteiger partial charge in [0.2, 0.25) is 0 Å². The summed E-state index contributed by atoms with van der Waals surface area (Å²) in [6.45, 7) is 0. The largest absolute Gasteiger partial charge is 0.463 e. The number of carbonyl (C=O) groups excluding carboxylic acids is 1. The number of halogens is 1. The zero-order valence-electron chi connectivity index (χ0n) is 8.50. The maximum atomic E-state index is 12.7. The van der Waals surface area contributed by atoms with E-state index in [-0.39, 0.29) is 11.3 Å². The first-order valence-corrected chi connectivity index (χ1v) is 4.66. The molecule has 0 aliphatic heterocycles. The van der Waals surface area contributed by atoms with E-state index in [9.17, 15) is 14.0 Å². The first-order chi connectivity index (χ1) is 8.11. The summed E-state index contributed by atoms with van der Waals surface area (Å²) in [4.78, 5) is 21.5. The van der Waals surface area contributed by atoms with Crippen LogP contribution in [0.5, 0.6) is 0 Å².